The van der Waals surface area contributed by atoms with Crippen LogP contribution in [0.4, 0.5) is 0 Å². The van der Waals surface area contributed by atoms with E-state index in [4.69, 9.17) is 4.74 Å². The Morgan fingerprint density at radius 2 is 1.85 bits per heavy atom. The predicted octanol–water partition coefficient (Wildman–Crippen LogP) is 3.16. The van der Waals surface area contributed by atoms with Crippen LogP contribution in [0.3, 0.4) is 0 Å². The number of nitrogens with one attached hydrogen (secondary N) is 1. The molecule has 0 unspecified atom stereocenters. The van der Waals surface area contributed by atoms with Gasteiger partial charge in [0.2, 0.25) is 10.0 Å². The number of carbonyl (C=O) groups excluding carboxylic acids is 1. The minimum absolute atomic E-state index is 0. The van der Waals surface area contributed by atoms with Crippen molar-refractivity contribution in [1.82, 2.24) is 19.4 Å². The molecule has 3 heterocycles. The molecule has 5 rings (SSSR count). The molecular formula is C24H28N4O4S. The SMILES string of the molecule is CCNS(=O)(=O)c1ccc(C(=O)N2CCC3(CC2)Oc2ccccc2-c2c3cnn2C)cc1.[HH]. The van der Waals surface area contributed by atoms with Gasteiger partial charge in [-0.2, -0.15) is 5.10 Å². The van der Waals surface area contributed by atoms with Crippen molar-refractivity contribution in [2.45, 2.75) is 30.3 Å². The van der Waals surface area contributed by atoms with Crippen molar-refractivity contribution < 1.29 is 19.4 Å². The largest absolute Gasteiger partial charge is 0.482 e. The van der Waals surface area contributed by atoms with Gasteiger partial charge in [0.25, 0.3) is 5.91 Å². The molecule has 1 fully saturated rings. The number of piperidine rings is 1. The second-order valence-electron chi connectivity index (χ2n) is 8.44. The molecule has 1 spiro atoms. The highest BCUT2D eigenvalue weighted by molar-refractivity contribution is 7.89. The maximum absolute atomic E-state index is 13.1. The summed E-state index contributed by atoms with van der Waals surface area (Å²) in [6.07, 6.45) is 3.18. The van der Waals surface area contributed by atoms with Crippen molar-refractivity contribution in [3.63, 3.8) is 0 Å². The number of benzene rings is 2. The summed E-state index contributed by atoms with van der Waals surface area (Å²) in [6.45, 7) is 3.10. The van der Waals surface area contributed by atoms with E-state index in [9.17, 15) is 13.2 Å². The number of fused-ring (bicyclic) bond motifs is 4. The molecule has 2 aliphatic heterocycles. The molecule has 1 N–H and O–H groups in total. The normalized spacial score (nSPS) is 16.7. The predicted molar refractivity (Wildman–Crippen MR) is 126 cm³/mol. The van der Waals surface area contributed by atoms with Crippen LogP contribution in [0.5, 0.6) is 5.75 Å². The minimum atomic E-state index is -3.55. The van der Waals surface area contributed by atoms with Crippen LogP contribution < -0.4 is 9.46 Å². The third-order valence-corrected chi connectivity index (χ3v) is 8.04. The average molecular weight is 469 g/mol. The molecular weight excluding hydrogens is 440 g/mol. The molecule has 8 nitrogen and oxygen atoms in total. The summed E-state index contributed by atoms with van der Waals surface area (Å²) >= 11 is 0. The van der Waals surface area contributed by atoms with E-state index in [0.717, 1.165) is 22.6 Å². The highest BCUT2D eigenvalue weighted by Crippen LogP contribution is 2.49. The summed E-state index contributed by atoms with van der Waals surface area (Å²) in [5.74, 6) is 0.728. The van der Waals surface area contributed by atoms with Crippen LogP contribution in [0.2, 0.25) is 0 Å². The van der Waals surface area contributed by atoms with Crippen molar-refractivity contribution in [3.8, 4) is 17.0 Å². The fourth-order valence-corrected chi connectivity index (χ4v) is 5.82. The van der Waals surface area contributed by atoms with Gasteiger partial charge < -0.3 is 9.64 Å². The van der Waals surface area contributed by atoms with E-state index < -0.39 is 15.6 Å². The van der Waals surface area contributed by atoms with Gasteiger partial charge in [-0.05, 0) is 36.4 Å². The molecule has 0 aliphatic carbocycles. The molecule has 2 aromatic carbocycles. The molecule has 0 bridgehead atoms. The summed E-state index contributed by atoms with van der Waals surface area (Å²) in [4.78, 5) is 15.1. The van der Waals surface area contributed by atoms with E-state index in [0.29, 0.717) is 38.0 Å². The molecule has 1 amide bonds. The fourth-order valence-electron chi connectivity index (χ4n) is 4.78. The highest BCUT2D eigenvalue weighted by Gasteiger charge is 2.45. The Hall–Kier alpha value is -3.17. The number of amides is 1. The summed E-state index contributed by atoms with van der Waals surface area (Å²) in [7, 11) is -1.61. The van der Waals surface area contributed by atoms with Crippen molar-refractivity contribution in [2.75, 3.05) is 19.6 Å². The van der Waals surface area contributed by atoms with Crippen molar-refractivity contribution >= 4 is 15.9 Å². The molecule has 0 saturated carbocycles. The first-order valence-corrected chi connectivity index (χ1v) is 12.5. The third-order valence-electron chi connectivity index (χ3n) is 6.48. The monoisotopic (exact) mass is 468 g/mol. The van der Waals surface area contributed by atoms with Crippen LogP contribution >= 0.6 is 0 Å². The smallest absolute Gasteiger partial charge is 0.253 e. The standard InChI is InChI=1S/C24H26N4O4S.H2/c1-3-26-33(30,31)18-10-8-17(9-11-18)23(29)28-14-12-24(13-15-28)20-16-25-27(2)22(20)19-6-4-5-7-21(19)32-24;/h4-11,16,26H,3,12-15H2,1-2H3;1H. The summed E-state index contributed by atoms with van der Waals surface area (Å²) < 4.78 is 35.2. The van der Waals surface area contributed by atoms with Crippen LogP contribution in [0.15, 0.2) is 59.6 Å². The van der Waals surface area contributed by atoms with E-state index in [-0.39, 0.29) is 12.2 Å². The lowest BCUT2D eigenvalue weighted by atomic mass is 9.81. The van der Waals surface area contributed by atoms with Gasteiger partial charge in [-0.15, -0.1) is 0 Å². The second-order valence-corrected chi connectivity index (χ2v) is 10.2. The number of ether oxygens (including phenoxy) is 1. The van der Waals surface area contributed by atoms with Crippen molar-refractivity contribution in [1.29, 1.82) is 0 Å². The first kappa shape index (κ1) is 21.7. The van der Waals surface area contributed by atoms with Gasteiger partial charge in [-0.1, -0.05) is 19.1 Å². The van der Waals surface area contributed by atoms with Gasteiger partial charge in [-0.25, -0.2) is 13.1 Å². The quantitative estimate of drug-likeness (QED) is 0.635. The fraction of sp³-hybridized carbons (Fsp3) is 0.333. The van der Waals surface area contributed by atoms with E-state index in [1.54, 1.807) is 24.0 Å². The summed E-state index contributed by atoms with van der Waals surface area (Å²) in [5.41, 5.74) is 3.11. The molecule has 33 heavy (non-hydrogen) atoms. The number of sulfonamides is 1. The van der Waals surface area contributed by atoms with Crippen molar-refractivity contribution in [2.24, 2.45) is 7.05 Å². The molecule has 1 aromatic heterocycles. The number of para-hydroxylation sites is 1. The topological polar surface area (TPSA) is 93.5 Å². The Balaban J connectivity index is 0.00000274. The molecule has 0 atom stereocenters. The number of likely N-dealkylation sites (tertiary alicyclic amines) is 1. The lowest BCUT2D eigenvalue weighted by Crippen LogP contribution is -2.49. The number of carbonyl (C=O) groups is 1. The van der Waals surface area contributed by atoms with Gasteiger partial charge in [-0.3, -0.25) is 9.48 Å². The van der Waals surface area contributed by atoms with Gasteiger partial charge in [0.05, 0.1) is 16.8 Å². The molecule has 3 aromatic rings. The zero-order chi connectivity index (χ0) is 23.2. The van der Waals surface area contributed by atoms with E-state index in [1.165, 1.54) is 12.1 Å². The minimum Gasteiger partial charge on any atom is -0.482 e. The maximum Gasteiger partial charge on any atom is 0.253 e. The number of nitrogens with zero attached hydrogens (tertiary/aromatic N) is 3. The maximum atomic E-state index is 13.1. The third kappa shape index (κ3) is 3.61. The van der Waals surface area contributed by atoms with Gasteiger partial charge in [0.1, 0.15) is 11.4 Å². The first-order chi connectivity index (χ1) is 15.8. The Morgan fingerprint density at radius 1 is 1.15 bits per heavy atom. The van der Waals surface area contributed by atoms with Crippen LogP contribution in [-0.4, -0.2) is 48.6 Å². The van der Waals surface area contributed by atoms with Gasteiger partial charge in [0.15, 0.2) is 0 Å². The highest BCUT2D eigenvalue weighted by atomic mass is 32.2. The van der Waals surface area contributed by atoms with Crippen LogP contribution in [0, 0.1) is 0 Å². The average Bonchev–Trinajstić information content (AvgIpc) is 3.22. The number of hydrogen-bond acceptors (Lipinski definition) is 5. The molecule has 1 saturated heterocycles. The Labute approximate surface area is 194 Å². The summed E-state index contributed by atoms with van der Waals surface area (Å²) in [5, 5.41) is 4.49. The number of aryl methyl sites for hydroxylation is 1. The summed E-state index contributed by atoms with van der Waals surface area (Å²) in [6, 6.07) is 14.1. The van der Waals surface area contributed by atoms with Gasteiger partial charge in [0, 0.05) is 57.6 Å². The number of aromatic nitrogens is 2. The van der Waals surface area contributed by atoms with Crippen LogP contribution in [0.1, 0.15) is 37.1 Å². The number of hydrogen-bond donors (Lipinski definition) is 1. The number of rotatable bonds is 4. The van der Waals surface area contributed by atoms with Crippen LogP contribution in [0.25, 0.3) is 11.3 Å². The van der Waals surface area contributed by atoms with Gasteiger partial charge >= 0.3 is 0 Å². The second kappa shape index (κ2) is 8.00. The van der Waals surface area contributed by atoms with Crippen LogP contribution in [-0.2, 0) is 22.7 Å². The van der Waals surface area contributed by atoms with Crippen molar-refractivity contribution in [3.05, 3.63) is 65.9 Å². The molecule has 9 heteroatoms. The first-order valence-electron chi connectivity index (χ1n) is 11.0. The Morgan fingerprint density at radius 3 is 2.55 bits per heavy atom. The van der Waals surface area contributed by atoms with E-state index >= 15 is 0 Å². The Bertz CT molecular complexity index is 1310. The Kier molecular flexibility index (Phi) is 5.25. The zero-order valence-electron chi connectivity index (χ0n) is 18.6. The lowest BCUT2D eigenvalue weighted by molar-refractivity contribution is -0.00172. The lowest BCUT2D eigenvalue weighted by Gasteiger charge is -2.44. The molecule has 0 radical (unpaired) electrons. The van der Waals surface area contributed by atoms with E-state index in [2.05, 4.69) is 9.82 Å². The zero-order valence-corrected chi connectivity index (χ0v) is 19.4. The molecule has 2 aliphatic rings. The molecule has 174 valence electrons. The van der Waals surface area contributed by atoms with E-state index in [1.807, 2.05) is 42.2 Å².